The number of fused-ring (bicyclic) bond motifs is 1. The molecule has 0 atom stereocenters. The van der Waals surface area contributed by atoms with Crippen LogP contribution >= 0.6 is 0 Å². The molecule has 20 heavy (non-hydrogen) atoms. The van der Waals surface area contributed by atoms with E-state index in [2.05, 4.69) is 26.8 Å². The Morgan fingerprint density at radius 3 is 2.30 bits per heavy atom. The van der Waals surface area contributed by atoms with Crippen molar-refractivity contribution in [2.75, 3.05) is 0 Å². The lowest BCUT2D eigenvalue weighted by Crippen LogP contribution is -2.08. The van der Waals surface area contributed by atoms with Crippen molar-refractivity contribution in [1.82, 2.24) is 0 Å². The zero-order chi connectivity index (χ0) is 14.2. The molecule has 2 nitrogen and oxygen atoms in total. The van der Waals surface area contributed by atoms with Crippen LogP contribution in [0.25, 0.3) is 11.0 Å². The first-order chi connectivity index (χ1) is 9.52. The van der Waals surface area contributed by atoms with Gasteiger partial charge in [-0.1, -0.05) is 39.0 Å². The first kappa shape index (κ1) is 12.8. The van der Waals surface area contributed by atoms with Gasteiger partial charge in [0.15, 0.2) is 0 Å². The molecule has 0 aliphatic heterocycles. The van der Waals surface area contributed by atoms with Crippen LogP contribution in [0.4, 0.5) is 0 Å². The molecule has 1 aromatic heterocycles. The number of ether oxygens (including phenoxy) is 1. The van der Waals surface area contributed by atoms with E-state index in [0.717, 1.165) is 28.2 Å². The lowest BCUT2D eigenvalue weighted by atomic mass is 9.93. The molecule has 102 valence electrons. The summed E-state index contributed by atoms with van der Waals surface area (Å²) in [6.45, 7) is 6.43. The predicted molar refractivity (Wildman–Crippen MR) is 81.4 cm³/mol. The molecule has 1 heterocycles. The Morgan fingerprint density at radius 1 is 0.850 bits per heavy atom. The highest BCUT2D eigenvalue weighted by Crippen LogP contribution is 2.32. The van der Waals surface area contributed by atoms with Crippen molar-refractivity contribution in [2.24, 2.45) is 0 Å². The van der Waals surface area contributed by atoms with E-state index < -0.39 is 0 Å². The van der Waals surface area contributed by atoms with Gasteiger partial charge in [0.1, 0.15) is 22.8 Å². The van der Waals surface area contributed by atoms with Crippen LogP contribution in [0.2, 0.25) is 0 Å². The van der Waals surface area contributed by atoms with Gasteiger partial charge in [0.05, 0.1) is 0 Å². The molecule has 0 amide bonds. The summed E-state index contributed by atoms with van der Waals surface area (Å²) in [6, 6.07) is 17.8. The SMILES string of the molecule is CC(C)(C)c1cc2cc(Oc3ccccc3)ccc2o1. The zero-order valence-electron chi connectivity index (χ0n) is 12.0. The van der Waals surface area contributed by atoms with Crippen molar-refractivity contribution < 1.29 is 9.15 Å². The van der Waals surface area contributed by atoms with Crippen LogP contribution in [-0.2, 0) is 5.41 Å². The van der Waals surface area contributed by atoms with Crippen molar-refractivity contribution in [2.45, 2.75) is 26.2 Å². The van der Waals surface area contributed by atoms with Crippen LogP contribution in [0.1, 0.15) is 26.5 Å². The topological polar surface area (TPSA) is 22.4 Å². The third-order valence-electron chi connectivity index (χ3n) is 3.21. The molecule has 0 bridgehead atoms. The average Bonchev–Trinajstić information content (AvgIpc) is 2.83. The molecule has 2 aromatic carbocycles. The van der Waals surface area contributed by atoms with Gasteiger partial charge < -0.3 is 9.15 Å². The molecule has 3 rings (SSSR count). The number of hydrogen-bond donors (Lipinski definition) is 0. The highest BCUT2D eigenvalue weighted by molar-refractivity contribution is 5.80. The van der Waals surface area contributed by atoms with Crippen LogP contribution in [0, 0.1) is 0 Å². The Hall–Kier alpha value is -2.22. The maximum Gasteiger partial charge on any atom is 0.134 e. The fourth-order valence-corrected chi connectivity index (χ4v) is 2.08. The first-order valence-corrected chi connectivity index (χ1v) is 6.79. The monoisotopic (exact) mass is 266 g/mol. The fourth-order valence-electron chi connectivity index (χ4n) is 2.08. The molecule has 0 spiro atoms. The molecular weight excluding hydrogens is 248 g/mol. The van der Waals surface area contributed by atoms with Crippen LogP contribution in [0.5, 0.6) is 11.5 Å². The smallest absolute Gasteiger partial charge is 0.134 e. The third kappa shape index (κ3) is 2.55. The van der Waals surface area contributed by atoms with Gasteiger partial charge in [-0.3, -0.25) is 0 Å². The van der Waals surface area contributed by atoms with Gasteiger partial charge in [-0.05, 0) is 36.4 Å². The minimum absolute atomic E-state index is 0.0134. The van der Waals surface area contributed by atoms with Gasteiger partial charge in [0.25, 0.3) is 0 Å². The van der Waals surface area contributed by atoms with Crippen molar-refractivity contribution >= 4 is 11.0 Å². The molecule has 3 aromatic rings. The van der Waals surface area contributed by atoms with Gasteiger partial charge in [-0.2, -0.15) is 0 Å². The highest BCUT2D eigenvalue weighted by Gasteiger charge is 2.18. The number of rotatable bonds is 2. The van der Waals surface area contributed by atoms with Gasteiger partial charge in [0, 0.05) is 10.8 Å². The Bertz CT molecular complexity index is 718. The molecule has 0 saturated carbocycles. The summed E-state index contributed by atoms with van der Waals surface area (Å²) >= 11 is 0. The third-order valence-corrected chi connectivity index (χ3v) is 3.21. The van der Waals surface area contributed by atoms with Crippen molar-refractivity contribution in [3.05, 3.63) is 60.4 Å². The summed E-state index contributed by atoms with van der Waals surface area (Å²) in [4.78, 5) is 0. The lowest BCUT2D eigenvalue weighted by Gasteiger charge is -2.13. The minimum Gasteiger partial charge on any atom is -0.461 e. The van der Waals surface area contributed by atoms with E-state index in [0.29, 0.717) is 0 Å². The largest absolute Gasteiger partial charge is 0.461 e. The van der Waals surface area contributed by atoms with Crippen LogP contribution in [0.15, 0.2) is 59.0 Å². The van der Waals surface area contributed by atoms with Crippen LogP contribution in [0.3, 0.4) is 0 Å². The summed E-state index contributed by atoms with van der Waals surface area (Å²) in [7, 11) is 0. The molecule has 0 saturated heterocycles. The van der Waals surface area contributed by atoms with Crippen LogP contribution in [-0.4, -0.2) is 0 Å². The molecule has 0 unspecified atom stereocenters. The summed E-state index contributed by atoms with van der Waals surface area (Å²) in [5, 5.41) is 1.07. The second kappa shape index (κ2) is 4.71. The molecule has 2 heteroatoms. The fraction of sp³-hybridized carbons (Fsp3) is 0.222. The van der Waals surface area contributed by atoms with Gasteiger partial charge in [0.2, 0.25) is 0 Å². The van der Waals surface area contributed by atoms with Gasteiger partial charge in [-0.15, -0.1) is 0 Å². The number of para-hydroxylation sites is 1. The highest BCUT2D eigenvalue weighted by atomic mass is 16.5. The van der Waals surface area contributed by atoms with Gasteiger partial charge in [-0.25, -0.2) is 0 Å². The van der Waals surface area contributed by atoms with E-state index in [1.54, 1.807) is 0 Å². The quantitative estimate of drug-likeness (QED) is 0.609. The Balaban J connectivity index is 1.95. The number of hydrogen-bond acceptors (Lipinski definition) is 2. The maximum atomic E-state index is 5.88. The van der Waals surface area contributed by atoms with Crippen molar-refractivity contribution in [1.29, 1.82) is 0 Å². The van der Waals surface area contributed by atoms with E-state index in [9.17, 15) is 0 Å². The molecule has 0 radical (unpaired) electrons. The molecular formula is C18H18O2. The minimum atomic E-state index is 0.0134. The Kier molecular flexibility index (Phi) is 3.01. The number of benzene rings is 2. The van der Waals surface area contributed by atoms with E-state index in [1.807, 2.05) is 48.5 Å². The summed E-state index contributed by atoms with van der Waals surface area (Å²) < 4.78 is 11.7. The summed E-state index contributed by atoms with van der Waals surface area (Å²) in [5.41, 5.74) is 0.912. The summed E-state index contributed by atoms with van der Waals surface area (Å²) in [6.07, 6.45) is 0. The van der Waals surface area contributed by atoms with E-state index in [1.165, 1.54) is 0 Å². The molecule has 0 aliphatic rings. The molecule has 0 fully saturated rings. The normalized spacial score (nSPS) is 11.8. The average molecular weight is 266 g/mol. The predicted octanol–water partition coefficient (Wildman–Crippen LogP) is 5.52. The molecule has 0 aliphatic carbocycles. The van der Waals surface area contributed by atoms with E-state index in [4.69, 9.17) is 9.15 Å². The van der Waals surface area contributed by atoms with Gasteiger partial charge >= 0.3 is 0 Å². The van der Waals surface area contributed by atoms with Crippen LogP contribution < -0.4 is 4.74 Å². The standard InChI is InChI=1S/C18H18O2/c1-18(2,3)17-12-13-11-15(9-10-16(13)20-17)19-14-7-5-4-6-8-14/h4-12H,1-3H3. The van der Waals surface area contributed by atoms with Crippen molar-refractivity contribution in [3.63, 3.8) is 0 Å². The first-order valence-electron chi connectivity index (χ1n) is 6.79. The second-order valence-corrected chi connectivity index (χ2v) is 5.98. The van der Waals surface area contributed by atoms with Crippen molar-refractivity contribution in [3.8, 4) is 11.5 Å². The molecule has 0 N–H and O–H groups in total. The number of furan rings is 1. The summed E-state index contributed by atoms with van der Waals surface area (Å²) in [5.74, 6) is 2.65. The maximum absolute atomic E-state index is 5.88. The lowest BCUT2D eigenvalue weighted by molar-refractivity contribution is 0.430. The second-order valence-electron chi connectivity index (χ2n) is 5.98. The Morgan fingerprint density at radius 2 is 1.60 bits per heavy atom. The van der Waals surface area contributed by atoms with E-state index in [-0.39, 0.29) is 5.41 Å². The van der Waals surface area contributed by atoms with E-state index >= 15 is 0 Å². The Labute approximate surface area is 119 Å². The zero-order valence-corrected chi connectivity index (χ0v) is 12.0.